The highest BCUT2D eigenvalue weighted by Crippen LogP contribution is 2.43. The number of carbonyl (C=O) groups is 1. The molecule has 2 unspecified atom stereocenters. The van der Waals surface area contributed by atoms with Gasteiger partial charge in [0, 0.05) is 0 Å². The summed E-state index contributed by atoms with van der Waals surface area (Å²) < 4.78 is 15.6. The van der Waals surface area contributed by atoms with Crippen LogP contribution in [0.5, 0.6) is 17.2 Å². The van der Waals surface area contributed by atoms with E-state index in [1.165, 1.54) is 14.0 Å². The van der Waals surface area contributed by atoms with E-state index >= 15 is 0 Å². The van der Waals surface area contributed by atoms with E-state index in [-0.39, 0.29) is 6.79 Å². The van der Waals surface area contributed by atoms with E-state index in [2.05, 4.69) is 0 Å². The quantitative estimate of drug-likeness (QED) is 0.839. The fourth-order valence-corrected chi connectivity index (χ4v) is 1.74. The molecule has 0 fully saturated rings. The fraction of sp³-hybridized carbons (Fsp3) is 0.417. The molecule has 18 heavy (non-hydrogen) atoms. The smallest absolute Gasteiger partial charge is 0.309 e. The normalized spacial score (nSPS) is 16.2. The second-order valence-electron chi connectivity index (χ2n) is 4.03. The van der Waals surface area contributed by atoms with Crippen LogP contribution in [0.3, 0.4) is 0 Å². The van der Waals surface area contributed by atoms with Crippen LogP contribution < -0.4 is 14.2 Å². The lowest BCUT2D eigenvalue weighted by Gasteiger charge is -2.16. The highest BCUT2D eigenvalue weighted by atomic mass is 16.7. The third-order valence-corrected chi connectivity index (χ3v) is 2.89. The first-order valence-corrected chi connectivity index (χ1v) is 5.43. The van der Waals surface area contributed by atoms with Gasteiger partial charge in [-0.3, -0.25) is 4.79 Å². The number of hydrogen-bond donors (Lipinski definition) is 2. The Hall–Kier alpha value is -1.95. The second-order valence-corrected chi connectivity index (χ2v) is 4.03. The lowest BCUT2D eigenvalue weighted by Crippen LogP contribution is -2.18. The van der Waals surface area contributed by atoms with Gasteiger partial charge < -0.3 is 24.4 Å². The van der Waals surface area contributed by atoms with Crippen LogP contribution in [0.1, 0.15) is 18.6 Å². The van der Waals surface area contributed by atoms with Crippen LogP contribution in [0.15, 0.2) is 12.1 Å². The molecular weight excluding hydrogens is 240 g/mol. The predicted octanol–water partition coefficient (Wildman–Crippen LogP) is 1.18. The summed E-state index contributed by atoms with van der Waals surface area (Å²) >= 11 is 0. The van der Waals surface area contributed by atoms with E-state index in [4.69, 9.17) is 19.3 Å². The molecular formula is C12H14O6. The van der Waals surface area contributed by atoms with E-state index in [1.807, 2.05) is 0 Å². The summed E-state index contributed by atoms with van der Waals surface area (Å²) in [5.74, 6) is -0.664. The summed E-state index contributed by atoms with van der Waals surface area (Å²) in [6.07, 6.45) is -1.13. The number of hydrogen-bond acceptors (Lipinski definition) is 5. The molecule has 0 saturated heterocycles. The fourth-order valence-electron chi connectivity index (χ4n) is 1.74. The Morgan fingerprint density at radius 2 is 2.17 bits per heavy atom. The third-order valence-electron chi connectivity index (χ3n) is 2.89. The highest BCUT2D eigenvalue weighted by molar-refractivity contribution is 5.71. The maximum Gasteiger partial charge on any atom is 0.309 e. The van der Waals surface area contributed by atoms with Crippen molar-refractivity contribution in [2.45, 2.75) is 13.0 Å². The number of fused-ring (bicyclic) bond motifs is 1. The molecule has 0 aromatic heterocycles. The van der Waals surface area contributed by atoms with Gasteiger partial charge in [0.05, 0.1) is 19.1 Å². The van der Waals surface area contributed by atoms with Crippen LogP contribution in [-0.4, -0.2) is 30.1 Å². The monoisotopic (exact) mass is 254 g/mol. The summed E-state index contributed by atoms with van der Waals surface area (Å²) in [5.41, 5.74) is 0.422. The van der Waals surface area contributed by atoms with E-state index < -0.39 is 18.0 Å². The van der Waals surface area contributed by atoms with Gasteiger partial charge in [0.15, 0.2) is 11.5 Å². The van der Waals surface area contributed by atoms with E-state index in [0.717, 1.165) is 0 Å². The molecule has 0 radical (unpaired) electrons. The van der Waals surface area contributed by atoms with Crippen LogP contribution in [-0.2, 0) is 4.79 Å². The summed E-state index contributed by atoms with van der Waals surface area (Å²) in [6, 6.07) is 3.12. The number of aliphatic hydroxyl groups excluding tert-OH is 1. The molecule has 6 nitrogen and oxygen atoms in total. The Labute approximate surface area is 104 Å². The minimum Gasteiger partial charge on any atom is -0.493 e. The number of aliphatic carboxylic acids is 1. The molecule has 0 amide bonds. The van der Waals surface area contributed by atoms with Gasteiger partial charge in [-0.25, -0.2) is 0 Å². The Balaban J connectivity index is 2.37. The molecule has 0 spiro atoms. The second kappa shape index (κ2) is 4.73. The number of aliphatic hydroxyl groups is 1. The van der Waals surface area contributed by atoms with Gasteiger partial charge in [-0.1, -0.05) is 0 Å². The standard InChI is InChI=1S/C12H14O6/c1-6(12(14)15)10(13)7-3-8(16-2)11-9(4-7)17-5-18-11/h3-4,6,10,13H,5H2,1-2H3,(H,14,15). The number of carboxylic acids is 1. The van der Waals surface area contributed by atoms with Gasteiger partial charge in [0.1, 0.15) is 0 Å². The third kappa shape index (κ3) is 2.06. The summed E-state index contributed by atoms with van der Waals surface area (Å²) in [7, 11) is 1.47. The Morgan fingerprint density at radius 3 is 2.78 bits per heavy atom. The molecule has 98 valence electrons. The van der Waals surface area contributed by atoms with E-state index in [1.54, 1.807) is 12.1 Å². The first-order chi connectivity index (χ1) is 8.54. The molecule has 1 heterocycles. The average molecular weight is 254 g/mol. The number of benzene rings is 1. The zero-order chi connectivity index (χ0) is 13.3. The van der Waals surface area contributed by atoms with Crippen molar-refractivity contribution < 1.29 is 29.2 Å². The zero-order valence-corrected chi connectivity index (χ0v) is 10.0. The van der Waals surface area contributed by atoms with Crippen LogP contribution in [0.25, 0.3) is 0 Å². The lowest BCUT2D eigenvalue weighted by molar-refractivity contribution is -0.145. The molecule has 2 rings (SSSR count). The van der Waals surface area contributed by atoms with Crippen LogP contribution in [0, 0.1) is 5.92 Å². The Kier molecular flexibility index (Phi) is 3.29. The van der Waals surface area contributed by atoms with Crippen molar-refractivity contribution in [3.63, 3.8) is 0 Å². The van der Waals surface area contributed by atoms with Gasteiger partial charge in [-0.05, 0) is 24.6 Å². The largest absolute Gasteiger partial charge is 0.493 e. The van der Waals surface area contributed by atoms with Gasteiger partial charge in [0.2, 0.25) is 12.5 Å². The molecule has 1 aromatic rings. The first-order valence-electron chi connectivity index (χ1n) is 5.43. The maximum absolute atomic E-state index is 10.9. The molecule has 0 bridgehead atoms. The van der Waals surface area contributed by atoms with Crippen molar-refractivity contribution in [3.05, 3.63) is 17.7 Å². The SMILES string of the molecule is COc1cc(C(O)C(C)C(=O)O)cc2c1OCO2. The van der Waals surface area contributed by atoms with Crippen LogP contribution in [0.4, 0.5) is 0 Å². The maximum atomic E-state index is 10.9. The van der Waals surface area contributed by atoms with Gasteiger partial charge in [-0.15, -0.1) is 0 Å². The van der Waals surface area contributed by atoms with Crippen LogP contribution in [0.2, 0.25) is 0 Å². The summed E-state index contributed by atoms with van der Waals surface area (Å²) in [6.45, 7) is 1.52. The van der Waals surface area contributed by atoms with Crippen molar-refractivity contribution in [3.8, 4) is 17.2 Å². The molecule has 0 saturated carbocycles. The topological polar surface area (TPSA) is 85.2 Å². The summed E-state index contributed by atoms with van der Waals surface area (Å²) in [4.78, 5) is 10.9. The Morgan fingerprint density at radius 1 is 1.44 bits per heavy atom. The number of methoxy groups -OCH3 is 1. The first kappa shape index (κ1) is 12.5. The number of rotatable bonds is 4. The van der Waals surface area contributed by atoms with E-state index in [0.29, 0.717) is 22.8 Å². The van der Waals surface area contributed by atoms with Gasteiger partial charge >= 0.3 is 5.97 Å². The molecule has 1 aromatic carbocycles. The summed E-state index contributed by atoms with van der Waals surface area (Å²) in [5, 5.41) is 18.9. The molecule has 1 aliphatic heterocycles. The van der Waals surface area contributed by atoms with Crippen molar-refractivity contribution >= 4 is 5.97 Å². The lowest BCUT2D eigenvalue weighted by atomic mass is 9.97. The molecule has 6 heteroatoms. The van der Waals surface area contributed by atoms with Crippen molar-refractivity contribution in [2.75, 3.05) is 13.9 Å². The predicted molar refractivity (Wildman–Crippen MR) is 60.9 cm³/mol. The highest BCUT2D eigenvalue weighted by Gasteiger charge is 2.27. The Bertz CT molecular complexity index is 470. The molecule has 1 aliphatic rings. The van der Waals surface area contributed by atoms with Gasteiger partial charge in [-0.2, -0.15) is 0 Å². The minimum absolute atomic E-state index is 0.0831. The number of ether oxygens (including phenoxy) is 3. The van der Waals surface area contributed by atoms with Crippen molar-refractivity contribution in [1.29, 1.82) is 0 Å². The van der Waals surface area contributed by atoms with E-state index in [9.17, 15) is 9.90 Å². The minimum atomic E-state index is -1.13. The number of carboxylic acid groups (broad SMARTS) is 1. The molecule has 2 atom stereocenters. The molecule has 2 N–H and O–H groups in total. The van der Waals surface area contributed by atoms with Gasteiger partial charge in [0.25, 0.3) is 0 Å². The van der Waals surface area contributed by atoms with Crippen molar-refractivity contribution in [1.82, 2.24) is 0 Å². The zero-order valence-electron chi connectivity index (χ0n) is 10.0. The van der Waals surface area contributed by atoms with Crippen LogP contribution >= 0.6 is 0 Å². The molecule has 0 aliphatic carbocycles. The van der Waals surface area contributed by atoms with Crippen molar-refractivity contribution in [2.24, 2.45) is 5.92 Å². The average Bonchev–Trinajstić information content (AvgIpc) is 2.83.